The fraction of sp³-hybridized carbons (Fsp3) is 0.0625. The highest BCUT2D eigenvalue weighted by Gasteiger charge is 2.14. The number of aromatic hydroxyl groups is 1. The Bertz CT molecular complexity index is 754. The molecule has 0 spiro atoms. The van der Waals surface area contributed by atoms with Crippen LogP contribution in [0.15, 0.2) is 47.5 Å². The van der Waals surface area contributed by atoms with Crippen molar-refractivity contribution in [1.29, 1.82) is 0 Å². The zero-order chi connectivity index (χ0) is 16.1. The molecule has 6 nitrogen and oxygen atoms in total. The highest BCUT2D eigenvalue weighted by Crippen LogP contribution is 2.19. The first-order valence-electron chi connectivity index (χ1n) is 6.41. The predicted molar refractivity (Wildman–Crippen MR) is 83.0 cm³/mol. The largest absolute Gasteiger partial charge is 0.508 e. The van der Waals surface area contributed by atoms with Crippen LogP contribution in [0.3, 0.4) is 0 Å². The maximum absolute atomic E-state index is 12.1. The van der Waals surface area contributed by atoms with E-state index in [1.807, 2.05) is 0 Å². The van der Waals surface area contributed by atoms with Gasteiger partial charge in [-0.15, -0.1) is 0 Å². The molecular weight excluding hydrogens is 284 g/mol. The Hall–Kier alpha value is -3.15. The van der Waals surface area contributed by atoms with Gasteiger partial charge < -0.3 is 15.5 Å². The number of phenolic OH excluding ortho intramolecular Hbond substituents is 1. The number of aliphatic imine (C=N–C) groups is 1. The molecule has 0 heterocycles. The number of carbonyl (C=O) groups is 2. The van der Waals surface area contributed by atoms with Crippen molar-refractivity contribution in [3.8, 4) is 5.75 Å². The number of anilines is 1. The lowest BCUT2D eigenvalue weighted by atomic mass is 10.1. The number of hydrogen-bond donors (Lipinski definition) is 3. The molecule has 0 atom stereocenters. The fourth-order valence-corrected chi connectivity index (χ4v) is 1.92. The minimum absolute atomic E-state index is 0.0362. The first-order valence-corrected chi connectivity index (χ1v) is 6.41. The molecular formula is C16H14N2O4. The SMILES string of the molecule is CN=Cc1ccc(NC(=O)c2cccc(O)c2)c(C(=O)O)c1. The molecule has 0 bridgehead atoms. The number of carbonyl (C=O) groups excluding carboxylic acids is 1. The quantitative estimate of drug-likeness (QED) is 0.755. The second kappa shape index (κ2) is 6.53. The van der Waals surface area contributed by atoms with Gasteiger partial charge in [-0.25, -0.2) is 4.79 Å². The maximum Gasteiger partial charge on any atom is 0.337 e. The van der Waals surface area contributed by atoms with Crippen molar-refractivity contribution in [2.75, 3.05) is 12.4 Å². The average molecular weight is 298 g/mol. The smallest absolute Gasteiger partial charge is 0.337 e. The van der Waals surface area contributed by atoms with Crippen molar-refractivity contribution in [1.82, 2.24) is 0 Å². The topological polar surface area (TPSA) is 99.0 Å². The molecule has 0 aliphatic rings. The second-order valence-electron chi connectivity index (χ2n) is 4.50. The Balaban J connectivity index is 2.32. The third kappa shape index (κ3) is 3.49. The van der Waals surface area contributed by atoms with Crippen LogP contribution in [-0.2, 0) is 0 Å². The van der Waals surface area contributed by atoms with Gasteiger partial charge in [0.2, 0.25) is 0 Å². The molecule has 2 rings (SSSR count). The van der Waals surface area contributed by atoms with Gasteiger partial charge in [-0.1, -0.05) is 12.1 Å². The minimum atomic E-state index is -1.16. The molecule has 3 N–H and O–H groups in total. The van der Waals surface area contributed by atoms with E-state index in [0.29, 0.717) is 5.56 Å². The lowest BCUT2D eigenvalue weighted by Gasteiger charge is -2.09. The average Bonchev–Trinajstić information content (AvgIpc) is 2.48. The lowest BCUT2D eigenvalue weighted by Crippen LogP contribution is -2.15. The molecule has 0 aliphatic carbocycles. The molecule has 0 fully saturated rings. The van der Waals surface area contributed by atoms with Gasteiger partial charge in [0, 0.05) is 18.8 Å². The van der Waals surface area contributed by atoms with E-state index in [-0.39, 0.29) is 22.6 Å². The van der Waals surface area contributed by atoms with Crippen molar-refractivity contribution in [3.63, 3.8) is 0 Å². The molecule has 0 unspecified atom stereocenters. The summed E-state index contributed by atoms with van der Waals surface area (Å²) in [5.74, 6) is -1.70. The van der Waals surface area contributed by atoms with E-state index in [9.17, 15) is 19.8 Å². The van der Waals surface area contributed by atoms with Crippen LogP contribution in [0.4, 0.5) is 5.69 Å². The predicted octanol–water partition coefficient (Wildman–Crippen LogP) is 2.39. The van der Waals surface area contributed by atoms with Crippen LogP contribution in [0.5, 0.6) is 5.75 Å². The summed E-state index contributed by atoms with van der Waals surface area (Å²) in [6.45, 7) is 0. The first kappa shape index (κ1) is 15.2. The molecule has 0 aromatic heterocycles. The highest BCUT2D eigenvalue weighted by molar-refractivity contribution is 6.08. The Labute approximate surface area is 126 Å². The van der Waals surface area contributed by atoms with Crippen LogP contribution in [0, 0.1) is 0 Å². The number of amides is 1. The number of rotatable bonds is 4. The van der Waals surface area contributed by atoms with Gasteiger partial charge in [-0.05, 0) is 35.9 Å². The summed E-state index contributed by atoms with van der Waals surface area (Å²) in [6, 6.07) is 10.4. The van der Waals surface area contributed by atoms with Gasteiger partial charge in [0.25, 0.3) is 5.91 Å². The monoisotopic (exact) mass is 298 g/mol. The molecule has 0 saturated heterocycles. The van der Waals surface area contributed by atoms with Gasteiger partial charge in [-0.3, -0.25) is 9.79 Å². The summed E-state index contributed by atoms with van der Waals surface area (Å²) < 4.78 is 0. The van der Waals surface area contributed by atoms with Crippen LogP contribution in [0.1, 0.15) is 26.3 Å². The standard InChI is InChI=1S/C16H14N2O4/c1-17-9-10-5-6-14(13(7-10)16(21)22)18-15(20)11-3-2-4-12(19)8-11/h2-9,19H,1H3,(H,18,20)(H,21,22). The number of nitrogens with zero attached hydrogens (tertiary/aromatic N) is 1. The van der Waals surface area contributed by atoms with Gasteiger partial charge in [-0.2, -0.15) is 0 Å². The van der Waals surface area contributed by atoms with Crippen molar-refractivity contribution in [2.24, 2.45) is 4.99 Å². The summed E-state index contributed by atoms with van der Waals surface area (Å²) in [6.07, 6.45) is 1.52. The molecule has 22 heavy (non-hydrogen) atoms. The summed E-state index contributed by atoms with van der Waals surface area (Å²) >= 11 is 0. The lowest BCUT2D eigenvalue weighted by molar-refractivity contribution is 0.0698. The van der Waals surface area contributed by atoms with Crippen LogP contribution >= 0.6 is 0 Å². The molecule has 2 aromatic carbocycles. The number of nitrogens with one attached hydrogen (secondary N) is 1. The van der Waals surface area contributed by atoms with E-state index in [1.54, 1.807) is 13.1 Å². The number of hydrogen-bond acceptors (Lipinski definition) is 4. The molecule has 0 saturated carbocycles. The van der Waals surface area contributed by atoms with E-state index >= 15 is 0 Å². The molecule has 6 heteroatoms. The second-order valence-corrected chi connectivity index (χ2v) is 4.50. The van der Waals surface area contributed by atoms with E-state index in [0.717, 1.165) is 0 Å². The van der Waals surface area contributed by atoms with Gasteiger partial charge >= 0.3 is 5.97 Å². The van der Waals surface area contributed by atoms with E-state index in [4.69, 9.17) is 0 Å². The van der Waals surface area contributed by atoms with E-state index in [1.165, 1.54) is 42.6 Å². The number of carboxylic acids is 1. The molecule has 2 aromatic rings. The van der Waals surface area contributed by atoms with E-state index in [2.05, 4.69) is 10.3 Å². The highest BCUT2D eigenvalue weighted by atomic mass is 16.4. The third-order valence-electron chi connectivity index (χ3n) is 2.91. The fourth-order valence-electron chi connectivity index (χ4n) is 1.92. The summed E-state index contributed by atoms with van der Waals surface area (Å²) in [7, 11) is 1.58. The maximum atomic E-state index is 12.1. The zero-order valence-electron chi connectivity index (χ0n) is 11.8. The number of phenols is 1. The van der Waals surface area contributed by atoms with Gasteiger partial charge in [0.15, 0.2) is 0 Å². The normalized spacial score (nSPS) is 10.6. The Kier molecular flexibility index (Phi) is 4.53. The number of carboxylic acid groups (broad SMARTS) is 1. The third-order valence-corrected chi connectivity index (χ3v) is 2.91. The molecule has 1 amide bonds. The number of benzene rings is 2. The summed E-state index contributed by atoms with van der Waals surface area (Å²) in [5.41, 5.74) is 0.991. The zero-order valence-corrected chi connectivity index (χ0v) is 11.8. The summed E-state index contributed by atoms with van der Waals surface area (Å²) in [5, 5.41) is 21.2. The minimum Gasteiger partial charge on any atom is -0.508 e. The van der Waals surface area contributed by atoms with Gasteiger partial charge in [0.05, 0.1) is 11.3 Å². The van der Waals surface area contributed by atoms with Crippen LogP contribution in [0.25, 0.3) is 0 Å². The van der Waals surface area contributed by atoms with Crippen LogP contribution in [-0.4, -0.2) is 35.4 Å². The Morgan fingerprint density at radius 3 is 2.59 bits per heavy atom. The van der Waals surface area contributed by atoms with Gasteiger partial charge in [0.1, 0.15) is 5.75 Å². The van der Waals surface area contributed by atoms with Crippen LogP contribution in [0.2, 0.25) is 0 Å². The Morgan fingerprint density at radius 1 is 1.18 bits per heavy atom. The molecule has 112 valence electrons. The Morgan fingerprint density at radius 2 is 1.95 bits per heavy atom. The van der Waals surface area contributed by atoms with Crippen molar-refractivity contribution >= 4 is 23.8 Å². The number of aromatic carboxylic acids is 1. The summed E-state index contributed by atoms with van der Waals surface area (Å²) in [4.78, 5) is 27.2. The van der Waals surface area contributed by atoms with E-state index < -0.39 is 11.9 Å². The van der Waals surface area contributed by atoms with Crippen LogP contribution < -0.4 is 5.32 Å². The van der Waals surface area contributed by atoms with Crippen molar-refractivity contribution < 1.29 is 19.8 Å². The van der Waals surface area contributed by atoms with Crippen molar-refractivity contribution in [3.05, 3.63) is 59.2 Å². The molecule has 0 aliphatic heterocycles. The first-order chi connectivity index (χ1) is 10.5. The van der Waals surface area contributed by atoms with Crippen molar-refractivity contribution in [2.45, 2.75) is 0 Å². The molecule has 0 radical (unpaired) electrons.